The highest BCUT2D eigenvalue weighted by Gasteiger charge is 2.23. The molecular formula is C31H25N5O7. The van der Waals surface area contributed by atoms with Gasteiger partial charge in [-0.3, -0.25) is 19.0 Å². The quantitative estimate of drug-likeness (QED) is 0.150. The third kappa shape index (κ3) is 6.03. The molecule has 0 aliphatic carbocycles. The molecule has 216 valence electrons. The van der Waals surface area contributed by atoms with E-state index in [0.29, 0.717) is 16.9 Å². The van der Waals surface area contributed by atoms with Crippen LogP contribution in [0.4, 0.5) is 5.69 Å². The number of amides is 1. The van der Waals surface area contributed by atoms with Gasteiger partial charge in [0.1, 0.15) is 29.3 Å². The lowest BCUT2D eigenvalue weighted by atomic mass is 10.1. The second-order valence-corrected chi connectivity index (χ2v) is 9.17. The van der Waals surface area contributed by atoms with E-state index >= 15 is 0 Å². The van der Waals surface area contributed by atoms with Crippen LogP contribution in [0.25, 0.3) is 28.6 Å². The van der Waals surface area contributed by atoms with E-state index in [1.165, 1.54) is 44.7 Å². The van der Waals surface area contributed by atoms with Crippen LogP contribution in [0.1, 0.15) is 26.6 Å². The van der Waals surface area contributed by atoms with Gasteiger partial charge in [-0.2, -0.15) is 0 Å². The zero-order valence-corrected chi connectivity index (χ0v) is 23.1. The standard InChI is InChI=1S/C31H25N5O7/c1-41-24-11-7-6-10-20(24)28-33-16-21(32)30(39)36(28)17-26(37)34-23(14-18-8-4-3-5-9-18)27(38)29-35-22-15-19(31(40)42-2)12-13-25(22)43-29/h3-16H,17,32H2,1-2H3,(H,34,37). The van der Waals surface area contributed by atoms with Gasteiger partial charge in [0, 0.05) is 0 Å². The fourth-order valence-corrected chi connectivity index (χ4v) is 4.29. The zero-order valence-electron chi connectivity index (χ0n) is 23.1. The molecule has 2 aromatic heterocycles. The van der Waals surface area contributed by atoms with Gasteiger partial charge in [-0.1, -0.05) is 42.5 Å². The molecule has 0 aliphatic heterocycles. The van der Waals surface area contributed by atoms with E-state index in [4.69, 9.17) is 19.6 Å². The van der Waals surface area contributed by atoms with E-state index in [2.05, 4.69) is 15.3 Å². The van der Waals surface area contributed by atoms with Crippen LogP contribution < -0.4 is 21.3 Å². The summed E-state index contributed by atoms with van der Waals surface area (Å²) in [7, 11) is 2.72. The number of nitrogens with two attached hydrogens (primary N) is 1. The van der Waals surface area contributed by atoms with Gasteiger partial charge >= 0.3 is 5.97 Å². The molecule has 1 amide bonds. The SMILES string of the molecule is COC(=O)c1ccc2oc(C(=O)C(=Cc3ccccc3)NC(=O)Cn3c(-c4ccccc4OC)ncc(N)c3=O)nc2c1. The number of ether oxygens (including phenoxy) is 2. The molecule has 2 heterocycles. The number of carbonyl (C=O) groups excluding carboxylic acids is 3. The normalized spacial score (nSPS) is 11.3. The molecule has 0 spiro atoms. The van der Waals surface area contributed by atoms with E-state index in [1.54, 1.807) is 54.6 Å². The Hall–Kier alpha value is -6.04. The Morgan fingerprint density at radius 3 is 2.51 bits per heavy atom. The van der Waals surface area contributed by atoms with Crippen molar-refractivity contribution < 1.29 is 28.3 Å². The Morgan fingerprint density at radius 2 is 1.77 bits per heavy atom. The number of hydrogen-bond acceptors (Lipinski definition) is 10. The number of aromatic nitrogens is 3. The van der Waals surface area contributed by atoms with Crippen molar-refractivity contribution in [3.8, 4) is 17.1 Å². The Bertz CT molecular complexity index is 1940. The Balaban J connectivity index is 1.50. The monoisotopic (exact) mass is 579 g/mol. The number of carbonyl (C=O) groups is 3. The Morgan fingerprint density at radius 1 is 1.02 bits per heavy atom. The maximum Gasteiger partial charge on any atom is 0.337 e. The number of fused-ring (bicyclic) bond motifs is 1. The Labute approximate surface area is 244 Å². The van der Waals surface area contributed by atoms with Crippen LogP contribution in [0.3, 0.4) is 0 Å². The van der Waals surface area contributed by atoms with Crippen molar-refractivity contribution >= 4 is 40.5 Å². The molecule has 0 bridgehead atoms. The number of nitrogens with zero attached hydrogens (tertiary/aromatic N) is 3. The molecule has 5 rings (SSSR count). The van der Waals surface area contributed by atoms with Crippen LogP contribution in [0.2, 0.25) is 0 Å². The summed E-state index contributed by atoms with van der Waals surface area (Å²) in [6.45, 7) is -0.528. The van der Waals surface area contributed by atoms with Gasteiger partial charge in [0.15, 0.2) is 5.58 Å². The molecular weight excluding hydrogens is 554 g/mol. The predicted octanol–water partition coefficient (Wildman–Crippen LogP) is 3.47. The molecule has 12 heteroatoms. The van der Waals surface area contributed by atoms with Gasteiger partial charge in [0.2, 0.25) is 5.91 Å². The van der Waals surface area contributed by atoms with Crippen molar-refractivity contribution in [2.75, 3.05) is 20.0 Å². The van der Waals surface area contributed by atoms with Crippen molar-refractivity contribution in [1.82, 2.24) is 19.9 Å². The number of benzene rings is 3. The van der Waals surface area contributed by atoms with Crippen LogP contribution in [0.15, 0.2) is 93.9 Å². The number of anilines is 1. The van der Waals surface area contributed by atoms with Gasteiger partial charge in [0.25, 0.3) is 17.2 Å². The number of ketones is 1. The average molecular weight is 580 g/mol. The number of esters is 1. The third-order valence-electron chi connectivity index (χ3n) is 6.36. The number of nitrogens with one attached hydrogen (secondary N) is 1. The third-order valence-corrected chi connectivity index (χ3v) is 6.36. The van der Waals surface area contributed by atoms with Crippen molar-refractivity contribution in [2.24, 2.45) is 0 Å². The molecule has 0 fully saturated rings. The lowest BCUT2D eigenvalue weighted by Crippen LogP contribution is -2.35. The molecule has 43 heavy (non-hydrogen) atoms. The van der Waals surface area contributed by atoms with E-state index < -0.39 is 29.8 Å². The minimum Gasteiger partial charge on any atom is -0.496 e. The molecule has 5 aromatic rings. The van der Waals surface area contributed by atoms with Crippen molar-refractivity contribution in [1.29, 1.82) is 0 Å². The number of oxazole rings is 1. The molecule has 0 atom stereocenters. The number of rotatable bonds is 9. The number of allylic oxidation sites excluding steroid dienone is 1. The molecule has 0 aliphatic rings. The summed E-state index contributed by atoms with van der Waals surface area (Å²) in [4.78, 5) is 60.5. The lowest BCUT2D eigenvalue weighted by Gasteiger charge is -2.15. The molecule has 3 N–H and O–H groups in total. The maximum atomic E-state index is 13.6. The summed E-state index contributed by atoms with van der Waals surface area (Å²) >= 11 is 0. The fourth-order valence-electron chi connectivity index (χ4n) is 4.29. The van der Waals surface area contributed by atoms with Gasteiger partial charge in [-0.05, 0) is 42.0 Å². The lowest BCUT2D eigenvalue weighted by molar-refractivity contribution is -0.120. The Kier molecular flexibility index (Phi) is 8.10. The van der Waals surface area contributed by atoms with E-state index in [-0.39, 0.29) is 39.8 Å². The molecule has 0 unspecified atom stereocenters. The van der Waals surface area contributed by atoms with Crippen LogP contribution in [0, 0.1) is 0 Å². The second-order valence-electron chi connectivity index (χ2n) is 9.17. The molecule has 3 aromatic carbocycles. The maximum absolute atomic E-state index is 13.6. The van der Waals surface area contributed by atoms with Gasteiger partial charge < -0.3 is 24.9 Å². The summed E-state index contributed by atoms with van der Waals surface area (Å²) in [5, 5.41) is 2.59. The highest BCUT2D eigenvalue weighted by molar-refractivity contribution is 6.11. The first-order chi connectivity index (χ1) is 20.8. The summed E-state index contributed by atoms with van der Waals surface area (Å²) < 4.78 is 16.9. The summed E-state index contributed by atoms with van der Waals surface area (Å²) in [5.41, 5.74) is 6.65. The van der Waals surface area contributed by atoms with E-state index in [9.17, 15) is 19.2 Å². The van der Waals surface area contributed by atoms with Gasteiger partial charge in [-0.25, -0.2) is 14.8 Å². The van der Waals surface area contributed by atoms with Crippen LogP contribution in [-0.2, 0) is 16.1 Å². The van der Waals surface area contributed by atoms with Gasteiger partial charge in [-0.15, -0.1) is 0 Å². The summed E-state index contributed by atoms with van der Waals surface area (Å²) in [5.74, 6) is -1.78. The van der Waals surface area contributed by atoms with Crippen LogP contribution in [-0.4, -0.2) is 46.4 Å². The minimum atomic E-state index is -0.740. The van der Waals surface area contributed by atoms with Gasteiger partial charge in [0.05, 0.1) is 37.2 Å². The molecule has 0 saturated heterocycles. The second kappa shape index (κ2) is 12.2. The molecule has 0 saturated carbocycles. The number of para-hydroxylation sites is 1. The van der Waals surface area contributed by atoms with Crippen LogP contribution in [0.5, 0.6) is 5.75 Å². The van der Waals surface area contributed by atoms with E-state index in [0.717, 1.165) is 4.57 Å². The first-order valence-electron chi connectivity index (χ1n) is 12.9. The zero-order chi connectivity index (χ0) is 30.5. The summed E-state index contributed by atoms with van der Waals surface area (Å²) in [6, 6.07) is 20.1. The number of nitrogen functional groups attached to an aromatic ring is 1. The number of hydrogen-bond donors (Lipinski definition) is 2. The fraction of sp³-hybridized carbons (Fsp3) is 0.0968. The van der Waals surface area contributed by atoms with Crippen molar-refractivity contribution in [3.63, 3.8) is 0 Å². The largest absolute Gasteiger partial charge is 0.496 e. The minimum absolute atomic E-state index is 0.145. The summed E-state index contributed by atoms with van der Waals surface area (Å²) in [6.07, 6.45) is 2.66. The smallest absolute Gasteiger partial charge is 0.337 e. The van der Waals surface area contributed by atoms with E-state index in [1.807, 2.05) is 0 Å². The number of methoxy groups -OCH3 is 2. The topological polar surface area (TPSA) is 169 Å². The molecule has 12 nitrogen and oxygen atoms in total. The molecule has 0 radical (unpaired) electrons. The highest BCUT2D eigenvalue weighted by atomic mass is 16.5. The van der Waals surface area contributed by atoms with Crippen LogP contribution >= 0.6 is 0 Å². The average Bonchev–Trinajstić information content (AvgIpc) is 3.46. The predicted molar refractivity (Wildman–Crippen MR) is 157 cm³/mol. The first kappa shape index (κ1) is 28.5. The number of Topliss-reactive ketones (excluding diaryl/α,β-unsaturated/α-hetero) is 1. The van der Waals surface area contributed by atoms with Crippen molar-refractivity contribution in [2.45, 2.75) is 6.54 Å². The van der Waals surface area contributed by atoms with Crippen molar-refractivity contribution in [3.05, 3.63) is 112 Å². The highest BCUT2D eigenvalue weighted by Crippen LogP contribution is 2.27. The first-order valence-corrected chi connectivity index (χ1v) is 12.9.